The Morgan fingerprint density at radius 3 is 2.96 bits per heavy atom. The van der Waals surface area contributed by atoms with Crippen molar-refractivity contribution in [1.82, 2.24) is 9.97 Å². The molecule has 3 N–H and O–H groups in total. The van der Waals surface area contributed by atoms with E-state index in [0.717, 1.165) is 32.4 Å². The highest BCUT2D eigenvalue weighted by Crippen LogP contribution is 2.34. The van der Waals surface area contributed by atoms with Gasteiger partial charge >= 0.3 is 5.69 Å². The van der Waals surface area contributed by atoms with Crippen molar-refractivity contribution in [2.24, 2.45) is 5.92 Å². The molecule has 1 fully saturated rings. The Labute approximate surface area is 135 Å². The molecule has 0 aromatic carbocycles. The summed E-state index contributed by atoms with van der Waals surface area (Å²) < 4.78 is 4.98. The molecular weight excluding hydrogens is 300 g/mol. The topological polar surface area (TPSA) is 119 Å². The fourth-order valence-electron chi connectivity index (χ4n) is 2.73. The Hall–Kier alpha value is -2.16. The fourth-order valence-corrected chi connectivity index (χ4v) is 2.73. The molecular formula is C14H24N6O3. The van der Waals surface area contributed by atoms with Crippen molar-refractivity contribution in [3.05, 3.63) is 10.1 Å². The van der Waals surface area contributed by atoms with Gasteiger partial charge in [-0.15, -0.1) is 0 Å². The van der Waals surface area contributed by atoms with Crippen molar-refractivity contribution in [3.8, 4) is 0 Å². The first-order valence-electron chi connectivity index (χ1n) is 7.82. The number of nitrogens with two attached hydrogens (primary N) is 1. The number of hydrogen-bond acceptors (Lipinski definition) is 8. The lowest BCUT2D eigenvalue weighted by Gasteiger charge is -2.31. The van der Waals surface area contributed by atoms with Gasteiger partial charge in [0.25, 0.3) is 0 Å². The molecule has 9 nitrogen and oxygen atoms in total. The second-order valence-corrected chi connectivity index (χ2v) is 5.83. The molecule has 23 heavy (non-hydrogen) atoms. The van der Waals surface area contributed by atoms with Gasteiger partial charge in [0.1, 0.15) is 0 Å². The van der Waals surface area contributed by atoms with Crippen LogP contribution in [0.4, 0.5) is 23.3 Å². The van der Waals surface area contributed by atoms with Gasteiger partial charge in [0.2, 0.25) is 17.6 Å². The fraction of sp³-hybridized carbons (Fsp3) is 0.714. The summed E-state index contributed by atoms with van der Waals surface area (Å²) >= 11 is 0. The van der Waals surface area contributed by atoms with Gasteiger partial charge in [0.05, 0.1) is 4.92 Å². The average Bonchev–Trinajstić information content (AvgIpc) is 2.50. The van der Waals surface area contributed by atoms with Gasteiger partial charge in [-0.3, -0.25) is 10.1 Å². The first kappa shape index (κ1) is 17.2. The van der Waals surface area contributed by atoms with Crippen molar-refractivity contribution in [1.29, 1.82) is 0 Å². The Kier molecular flexibility index (Phi) is 5.91. The number of rotatable bonds is 7. The third-order valence-corrected chi connectivity index (χ3v) is 3.84. The van der Waals surface area contributed by atoms with Gasteiger partial charge < -0.3 is 20.7 Å². The standard InChI is InChI=1S/C14H24N6O3/c1-10-5-3-7-19(9-10)13-11(20(21)22)12(15)17-14(18-13)16-6-4-8-23-2/h10H,3-9H2,1-2H3,(H3,15,16,17,18)/t10-/m1/s1. The van der Waals surface area contributed by atoms with Crippen LogP contribution in [-0.4, -0.2) is 48.2 Å². The minimum Gasteiger partial charge on any atom is -0.385 e. The minimum atomic E-state index is -0.501. The Balaban J connectivity index is 2.25. The first-order valence-corrected chi connectivity index (χ1v) is 7.82. The molecule has 1 aromatic rings. The largest absolute Gasteiger partial charge is 0.385 e. The number of aromatic nitrogens is 2. The van der Waals surface area contributed by atoms with Gasteiger partial charge in [0, 0.05) is 33.4 Å². The zero-order valence-electron chi connectivity index (χ0n) is 13.6. The maximum atomic E-state index is 11.4. The van der Waals surface area contributed by atoms with E-state index in [9.17, 15) is 10.1 Å². The van der Waals surface area contributed by atoms with Crippen molar-refractivity contribution >= 4 is 23.3 Å². The second kappa shape index (κ2) is 7.91. The van der Waals surface area contributed by atoms with E-state index in [2.05, 4.69) is 22.2 Å². The lowest BCUT2D eigenvalue weighted by Crippen LogP contribution is -2.35. The smallest absolute Gasteiger partial charge is 0.353 e. The van der Waals surface area contributed by atoms with Crippen LogP contribution in [0, 0.1) is 16.0 Å². The Morgan fingerprint density at radius 1 is 1.52 bits per heavy atom. The van der Waals surface area contributed by atoms with Crippen LogP contribution in [0.3, 0.4) is 0 Å². The molecule has 1 aromatic heterocycles. The molecule has 1 aliphatic heterocycles. The quantitative estimate of drug-likeness (QED) is 0.441. The lowest BCUT2D eigenvalue weighted by molar-refractivity contribution is -0.383. The molecule has 0 aliphatic carbocycles. The monoisotopic (exact) mass is 324 g/mol. The first-order chi connectivity index (χ1) is 11.0. The summed E-state index contributed by atoms with van der Waals surface area (Å²) in [5.74, 6) is 0.992. The normalized spacial score (nSPS) is 18.0. The van der Waals surface area contributed by atoms with E-state index >= 15 is 0 Å². The van der Waals surface area contributed by atoms with Crippen LogP contribution in [0.15, 0.2) is 0 Å². The lowest BCUT2D eigenvalue weighted by atomic mass is 10.0. The Morgan fingerprint density at radius 2 is 2.30 bits per heavy atom. The van der Waals surface area contributed by atoms with E-state index in [1.807, 2.05) is 4.90 Å². The van der Waals surface area contributed by atoms with Gasteiger partial charge in [-0.05, 0) is 25.2 Å². The van der Waals surface area contributed by atoms with Crippen molar-refractivity contribution in [3.63, 3.8) is 0 Å². The van der Waals surface area contributed by atoms with E-state index in [1.165, 1.54) is 0 Å². The van der Waals surface area contributed by atoms with E-state index in [0.29, 0.717) is 30.8 Å². The van der Waals surface area contributed by atoms with E-state index < -0.39 is 4.92 Å². The number of piperidine rings is 1. The molecule has 2 heterocycles. The van der Waals surface area contributed by atoms with Gasteiger partial charge in [-0.2, -0.15) is 9.97 Å². The SMILES string of the molecule is COCCCNc1nc(N)c([N+](=O)[O-])c(N2CCC[C@@H](C)C2)n1. The maximum absolute atomic E-state index is 11.4. The van der Waals surface area contributed by atoms with Crippen molar-refractivity contribution in [2.45, 2.75) is 26.2 Å². The van der Waals surface area contributed by atoms with Gasteiger partial charge in [-0.25, -0.2) is 0 Å². The number of nitrogens with one attached hydrogen (secondary N) is 1. The number of nitro groups is 1. The van der Waals surface area contributed by atoms with Crippen molar-refractivity contribution < 1.29 is 9.66 Å². The summed E-state index contributed by atoms with van der Waals surface area (Å²) in [6, 6.07) is 0. The predicted octanol–water partition coefficient (Wildman–Crippen LogP) is 1.65. The van der Waals surface area contributed by atoms with E-state index in [4.69, 9.17) is 10.5 Å². The van der Waals surface area contributed by atoms with Crippen LogP contribution in [-0.2, 0) is 4.74 Å². The molecule has 0 saturated carbocycles. The summed E-state index contributed by atoms with van der Waals surface area (Å²) in [4.78, 5) is 21.2. The zero-order chi connectivity index (χ0) is 16.8. The number of methoxy groups -OCH3 is 1. The summed E-state index contributed by atoms with van der Waals surface area (Å²) in [7, 11) is 1.63. The number of nitrogen functional groups attached to an aromatic ring is 1. The van der Waals surface area contributed by atoms with Crippen molar-refractivity contribution in [2.75, 3.05) is 49.3 Å². The molecule has 0 amide bonds. The highest BCUT2D eigenvalue weighted by atomic mass is 16.6. The van der Waals surface area contributed by atoms with Crippen LogP contribution in [0.2, 0.25) is 0 Å². The second-order valence-electron chi connectivity index (χ2n) is 5.83. The third-order valence-electron chi connectivity index (χ3n) is 3.84. The number of hydrogen-bond donors (Lipinski definition) is 2. The molecule has 0 radical (unpaired) electrons. The van der Waals surface area contributed by atoms with E-state index in [-0.39, 0.29) is 11.5 Å². The summed E-state index contributed by atoms with van der Waals surface area (Å²) in [6.45, 7) is 4.84. The number of nitrogens with zero attached hydrogens (tertiary/aromatic N) is 4. The van der Waals surface area contributed by atoms with Gasteiger partial charge in [-0.1, -0.05) is 6.92 Å². The number of anilines is 3. The minimum absolute atomic E-state index is 0.104. The zero-order valence-corrected chi connectivity index (χ0v) is 13.6. The van der Waals surface area contributed by atoms with Crippen LogP contribution in [0.5, 0.6) is 0 Å². The molecule has 0 spiro atoms. The van der Waals surface area contributed by atoms with Crippen LogP contribution in [0.1, 0.15) is 26.2 Å². The highest BCUT2D eigenvalue weighted by Gasteiger charge is 2.29. The summed E-state index contributed by atoms with van der Waals surface area (Å²) in [6.07, 6.45) is 2.89. The molecule has 9 heteroatoms. The summed E-state index contributed by atoms with van der Waals surface area (Å²) in [5.41, 5.74) is 5.60. The average molecular weight is 324 g/mol. The molecule has 128 valence electrons. The molecule has 1 aliphatic rings. The predicted molar refractivity (Wildman–Crippen MR) is 88.7 cm³/mol. The molecule has 1 atom stereocenters. The van der Waals surface area contributed by atoms with Crippen LogP contribution < -0.4 is 16.0 Å². The molecule has 0 unspecified atom stereocenters. The van der Waals surface area contributed by atoms with Gasteiger partial charge in [0.15, 0.2) is 0 Å². The number of ether oxygens (including phenoxy) is 1. The van der Waals surface area contributed by atoms with Crippen LogP contribution in [0.25, 0.3) is 0 Å². The Bertz CT molecular complexity index is 554. The van der Waals surface area contributed by atoms with E-state index in [1.54, 1.807) is 7.11 Å². The molecule has 2 rings (SSSR count). The summed E-state index contributed by atoms with van der Waals surface area (Å²) in [5, 5.41) is 14.4. The third kappa shape index (κ3) is 4.41. The van der Waals surface area contributed by atoms with Crippen LogP contribution >= 0.6 is 0 Å². The maximum Gasteiger partial charge on any atom is 0.353 e. The molecule has 1 saturated heterocycles. The highest BCUT2D eigenvalue weighted by molar-refractivity contribution is 5.71. The molecule has 0 bridgehead atoms.